The second-order valence-electron chi connectivity index (χ2n) is 5.73. The number of carbonyl (C=O) groups is 1. The molecule has 0 aliphatic carbocycles. The van der Waals surface area contributed by atoms with Gasteiger partial charge < -0.3 is 10.2 Å². The number of anilines is 1. The highest BCUT2D eigenvalue weighted by molar-refractivity contribution is 7.84. The average molecular weight is 348 g/mol. The zero-order chi connectivity index (χ0) is 16.2. The first-order valence-corrected chi connectivity index (χ1v) is 10.1. The molecule has 4 nitrogen and oxygen atoms in total. The Bertz CT molecular complexity index is 675. The second kappa shape index (κ2) is 7.27. The molecule has 1 aromatic carbocycles. The maximum absolute atomic E-state index is 12.3. The van der Waals surface area contributed by atoms with Gasteiger partial charge in [-0.3, -0.25) is 4.21 Å². The number of amides is 2. The van der Waals surface area contributed by atoms with Crippen molar-refractivity contribution in [3.05, 3.63) is 46.7 Å². The smallest absolute Gasteiger partial charge is 0.321 e. The summed E-state index contributed by atoms with van der Waals surface area (Å²) < 4.78 is 11.4. The van der Waals surface area contributed by atoms with Gasteiger partial charge in [0.1, 0.15) is 0 Å². The molecule has 3 rings (SSSR count). The van der Waals surface area contributed by atoms with Gasteiger partial charge >= 0.3 is 6.03 Å². The van der Waals surface area contributed by atoms with Gasteiger partial charge in [0.15, 0.2) is 0 Å². The number of nitrogens with one attached hydrogen (secondary N) is 1. The summed E-state index contributed by atoms with van der Waals surface area (Å²) in [5, 5.41) is 7.24. The summed E-state index contributed by atoms with van der Waals surface area (Å²) >= 11 is 1.73. The van der Waals surface area contributed by atoms with E-state index in [1.165, 1.54) is 5.56 Å². The summed E-state index contributed by atoms with van der Waals surface area (Å²) in [4.78, 5) is 15.0. The van der Waals surface area contributed by atoms with Gasteiger partial charge in [-0.1, -0.05) is 0 Å². The van der Waals surface area contributed by atoms with Crippen LogP contribution in [0.25, 0.3) is 0 Å². The quantitative estimate of drug-likeness (QED) is 0.914. The van der Waals surface area contributed by atoms with Crippen molar-refractivity contribution in [3.8, 4) is 0 Å². The molecule has 23 heavy (non-hydrogen) atoms. The molecule has 2 amide bonds. The number of hydrogen-bond donors (Lipinski definition) is 1. The Morgan fingerprint density at radius 3 is 2.48 bits per heavy atom. The van der Waals surface area contributed by atoms with E-state index in [9.17, 15) is 9.00 Å². The Hall–Kier alpha value is -1.66. The minimum absolute atomic E-state index is 0.0564. The average Bonchev–Trinajstić information content (AvgIpc) is 3.10. The Balaban J connectivity index is 1.54. The number of nitrogens with zero attached hydrogens (tertiary/aromatic N) is 1. The molecular formula is C17H20N2O2S2. The van der Waals surface area contributed by atoms with Gasteiger partial charge in [-0.25, -0.2) is 4.79 Å². The topological polar surface area (TPSA) is 49.4 Å². The number of likely N-dealkylation sites (tertiary alicyclic amines) is 1. The largest absolute Gasteiger partial charge is 0.324 e. The van der Waals surface area contributed by atoms with Crippen molar-refractivity contribution >= 4 is 33.9 Å². The number of carbonyl (C=O) groups excluding carboxylic acids is 1. The van der Waals surface area contributed by atoms with E-state index >= 15 is 0 Å². The summed E-state index contributed by atoms with van der Waals surface area (Å²) in [6.45, 7) is 1.56. The number of benzene rings is 1. The lowest BCUT2D eigenvalue weighted by atomic mass is 9.91. The van der Waals surface area contributed by atoms with Crippen molar-refractivity contribution < 1.29 is 9.00 Å². The molecule has 1 fully saturated rings. The van der Waals surface area contributed by atoms with E-state index in [2.05, 4.69) is 22.1 Å². The molecule has 0 spiro atoms. The fraction of sp³-hybridized carbons (Fsp3) is 0.353. The van der Waals surface area contributed by atoms with E-state index in [0.29, 0.717) is 5.92 Å². The van der Waals surface area contributed by atoms with Crippen molar-refractivity contribution in [2.24, 2.45) is 0 Å². The number of piperidine rings is 1. The molecular weight excluding hydrogens is 328 g/mol. The lowest BCUT2D eigenvalue weighted by Crippen LogP contribution is -2.40. The van der Waals surface area contributed by atoms with Gasteiger partial charge in [0.05, 0.1) is 0 Å². The van der Waals surface area contributed by atoms with E-state index in [1.807, 2.05) is 4.90 Å². The van der Waals surface area contributed by atoms with Crippen molar-refractivity contribution in [1.82, 2.24) is 4.90 Å². The van der Waals surface area contributed by atoms with Crippen LogP contribution in [0.15, 0.2) is 46.0 Å². The number of hydrogen-bond acceptors (Lipinski definition) is 3. The summed E-state index contributed by atoms with van der Waals surface area (Å²) in [5.41, 5.74) is 2.14. The molecule has 0 bridgehead atoms. The summed E-state index contributed by atoms with van der Waals surface area (Å²) in [6.07, 6.45) is 3.67. The number of urea groups is 1. The Kier molecular flexibility index (Phi) is 5.13. The fourth-order valence-electron chi connectivity index (χ4n) is 2.86. The highest BCUT2D eigenvalue weighted by Crippen LogP contribution is 2.29. The molecule has 0 unspecified atom stereocenters. The molecule has 0 saturated carbocycles. The monoisotopic (exact) mass is 348 g/mol. The van der Waals surface area contributed by atoms with Crippen LogP contribution in [0.1, 0.15) is 24.3 Å². The van der Waals surface area contributed by atoms with Crippen LogP contribution in [-0.2, 0) is 10.8 Å². The maximum atomic E-state index is 12.3. The first-order valence-electron chi connectivity index (χ1n) is 7.65. The highest BCUT2D eigenvalue weighted by Gasteiger charge is 2.24. The van der Waals surface area contributed by atoms with Crippen LogP contribution in [0, 0.1) is 0 Å². The van der Waals surface area contributed by atoms with Crippen LogP contribution in [0.4, 0.5) is 10.5 Å². The van der Waals surface area contributed by atoms with E-state index in [0.717, 1.165) is 36.5 Å². The summed E-state index contributed by atoms with van der Waals surface area (Å²) in [5.74, 6) is 0.573. The lowest BCUT2D eigenvalue weighted by Gasteiger charge is -2.31. The Morgan fingerprint density at radius 2 is 1.91 bits per heavy atom. The van der Waals surface area contributed by atoms with Crippen LogP contribution in [0.5, 0.6) is 0 Å². The van der Waals surface area contributed by atoms with E-state index in [1.54, 1.807) is 41.9 Å². The van der Waals surface area contributed by atoms with E-state index < -0.39 is 10.8 Å². The standard InChI is InChI=1S/C17H20N2O2S2/c1-23(21)16-4-2-15(3-5-16)18-17(20)19-9-6-13(7-10-19)14-8-11-22-12-14/h2-5,8,11-13H,6-7,9-10H2,1H3,(H,18,20)/t23-/m0/s1. The van der Waals surface area contributed by atoms with Gasteiger partial charge in [-0.15, -0.1) is 0 Å². The van der Waals surface area contributed by atoms with Crippen LogP contribution in [-0.4, -0.2) is 34.5 Å². The van der Waals surface area contributed by atoms with Gasteiger partial charge in [-0.05, 0) is 65.4 Å². The lowest BCUT2D eigenvalue weighted by molar-refractivity contribution is 0.194. The predicted octanol–water partition coefficient (Wildman–Crippen LogP) is 3.90. The third-order valence-electron chi connectivity index (χ3n) is 4.23. The van der Waals surface area contributed by atoms with Crippen molar-refractivity contribution in [2.45, 2.75) is 23.7 Å². The first-order chi connectivity index (χ1) is 11.1. The molecule has 0 radical (unpaired) electrons. The van der Waals surface area contributed by atoms with E-state index in [-0.39, 0.29) is 6.03 Å². The molecule has 1 aromatic heterocycles. The van der Waals surface area contributed by atoms with Gasteiger partial charge in [-0.2, -0.15) is 11.3 Å². The first kappa shape index (κ1) is 16.2. The summed E-state index contributed by atoms with van der Waals surface area (Å²) in [7, 11) is -0.995. The predicted molar refractivity (Wildman–Crippen MR) is 95.7 cm³/mol. The highest BCUT2D eigenvalue weighted by atomic mass is 32.2. The van der Waals surface area contributed by atoms with Gasteiger partial charge in [0, 0.05) is 40.7 Å². The molecule has 1 saturated heterocycles. The Morgan fingerprint density at radius 1 is 1.22 bits per heavy atom. The molecule has 1 aliphatic heterocycles. The van der Waals surface area contributed by atoms with Crippen LogP contribution in [0.2, 0.25) is 0 Å². The summed E-state index contributed by atoms with van der Waals surface area (Å²) in [6, 6.07) is 9.30. The third kappa shape index (κ3) is 4.00. The van der Waals surface area contributed by atoms with Crippen LogP contribution >= 0.6 is 11.3 Å². The zero-order valence-electron chi connectivity index (χ0n) is 13.0. The van der Waals surface area contributed by atoms with E-state index in [4.69, 9.17) is 0 Å². The van der Waals surface area contributed by atoms with Crippen LogP contribution < -0.4 is 5.32 Å². The molecule has 6 heteroatoms. The molecule has 122 valence electrons. The second-order valence-corrected chi connectivity index (χ2v) is 7.89. The molecule has 1 aliphatic rings. The maximum Gasteiger partial charge on any atom is 0.321 e. The van der Waals surface area contributed by atoms with Crippen molar-refractivity contribution in [1.29, 1.82) is 0 Å². The minimum atomic E-state index is -0.995. The number of rotatable bonds is 3. The van der Waals surface area contributed by atoms with Crippen molar-refractivity contribution in [3.63, 3.8) is 0 Å². The van der Waals surface area contributed by atoms with Crippen LogP contribution in [0.3, 0.4) is 0 Å². The third-order valence-corrected chi connectivity index (χ3v) is 5.87. The molecule has 1 N–H and O–H groups in total. The molecule has 2 heterocycles. The van der Waals surface area contributed by atoms with Gasteiger partial charge in [0.2, 0.25) is 0 Å². The fourth-order valence-corrected chi connectivity index (χ4v) is 4.12. The normalized spacial score (nSPS) is 17.0. The molecule has 2 aromatic rings. The van der Waals surface area contributed by atoms with Gasteiger partial charge in [0.25, 0.3) is 0 Å². The zero-order valence-corrected chi connectivity index (χ0v) is 14.7. The SMILES string of the molecule is C[S@](=O)c1ccc(NC(=O)N2CCC(c3ccsc3)CC2)cc1. The number of thiophene rings is 1. The Labute approximate surface area is 143 Å². The minimum Gasteiger partial charge on any atom is -0.324 e. The van der Waals surface area contributed by atoms with Crippen molar-refractivity contribution in [2.75, 3.05) is 24.7 Å². The molecule has 1 atom stereocenters.